The second-order valence-electron chi connectivity index (χ2n) is 5.92. The molecule has 3 heteroatoms. The van der Waals surface area contributed by atoms with Gasteiger partial charge >= 0.3 is 0 Å². The zero-order valence-electron chi connectivity index (χ0n) is 11.8. The van der Waals surface area contributed by atoms with E-state index in [9.17, 15) is 9.59 Å². The summed E-state index contributed by atoms with van der Waals surface area (Å²) < 4.78 is 0. The van der Waals surface area contributed by atoms with Gasteiger partial charge in [0, 0.05) is 0 Å². The van der Waals surface area contributed by atoms with E-state index >= 15 is 0 Å². The Morgan fingerprint density at radius 3 is 1.71 bits per heavy atom. The maximum atomic E-state index is 11.6. The largest absolute Gasteiger partial charge is 0.276 e. The minimum atomic E-state index is -0.370. The molecule has 1 aliphatic rings. The third kappa shape index (κ3) is 2.24. The Bertz CT molecular complexity index is 300. The van der Waals surface area contributed by atoms with Crippen molar-refractivity contribution in [3.63, 3.8) is 0 Å². The van der Waals surface area contributed by atoms with Crippen molar-refractivity contribution in [1.29, 1.82) is 0 Å². The molecule has 1 fully saturated rings. The summed E-state index contributed by atoms with van der Waals surface area (Å²) in [5.74, 6) is -0.0307. The van der Waals surface area contributed by atoms with E-state index in [1.54, 1.807) is 0 Å². The molecule has 1 rings (SSSR count). The van der Waals surface area contributed by atoms with Gasteiger partial charge in [0.25, 0.3) is 0 Å². The van der Waals surface area contributed by atoms with Gasteiger partial charge < -0.3 is 0 Å². The molecule has 98 valence electrons. The monoisotopic (exact) mass is 239 g/mol. The van der Waals surface area contributed by atoms with Crippen LogP contribution in [-0.4, -0.2) is 22.3 Å². The molecule has 0 bridgehead atoms. The van der Waals surface area contributed by atoms with Crippen molar-refractivity contribution >= 4 is 11.8 Å². The molecule has 1 saturated heterocycles. The van der Waals surface area contributed by atoms with Gasteiger partial charge in [-0.2, -0.15) is 0 Å². The number of nitrogens with zero attached hydrogens (tertiary/aromatic N) is 1. The first-order chi connectivity index (χ1) is 7.80. The highest BCUT2D eigenvalue weighted by atomic mass is 16.2. The number of carbonyl (C=O) groups excluding carboxylic acids is 2. The Balaban J connectivity index is 2.98. The highest BCUT2D eigenvalue weighted by Crippen LogP contribution is 2.45. The Morgan fingerprint density at radius 1 is 1.00 bits per heavy atom. The predicted molar refractivity (Wildman–Crippen MR) is 68.5 cm³/mol. The van der Waals surface area contributed by atoms with E-state index in [1.807, 2.05) is 13.8 Å². The lowest BCUT2D eigenvalue weighted by Crippen LogP contribution is -2.65. The van der Waals surface area contributed by atoms with Crippen LogP contribution in [0.25, 0.3) is 0 Å². The summed E-state index contributed by atoms with van der Waals surface area (Å²) in [5.41, 5.74) is -0.353. The van der Waals surface area contributed by atoms with Crippen LogP contribution < -0.4 is 0 Å². The quantitative estimate of drug-likeness (QED) is 0.527. The van der Waals surface area contributed by atoms with Gasteiger partial charge in [-0.3, -0.25) is 14.5 Å². The van der Waals surface area contributed by atoms with Crippen LogP contribution in [0.4, 0.5) is 0 Å². The average molecular weight is 239 g/mol. The van der Waals surface area contributed by atoms with Gasteiger partial charge in [-0.15, -0.1) is 0 Å². The van der Waals surface area contributed by atoms with Crippen LogP contribution in [-0.2, 0) is 9.59 Å². The third-order valence-corrected chi connectivity index (χ3v) is 4.44. The van der Waals surface area contributed by atoms with Crippen molar-refractivity contribution < 1.29 is 9.59 Å². The van der Waals surface area contributed by atoms with Crippen LogP contribution in [0.5, 0.6) is 0 Å². The topological polar surface area (TPSA) is 37.4 Å². The summed E-state index contributed by atoms with van der Waals surface area (Å²) in [5, 5.41) is 0. The summed E-state index contributed by atoms with van der Waals surface area (Å²) in [4.78, 5) is 24.8. The van der Waals surface area contributed by atoms with Crippen molar-refractivity contribution in [3.8, 4) is 0 Å². The molecule has 0 saturated carbocycles. The van der Waals surface area contributed by atoms with Crippen molar-refractivity contribution in [2.45, 2.75) is 72.3 Å². The van der Waals surface area contributed by atoms with Gasteiger partial charge in [0.2, 0.25) is 11.8 Å². The molecule has 0 unspecified atom stereocenters. The predicted octanol–water partition coefficient (Wildman–Crippen LogP) is 3.13. The van der Waals surface area contributed by atoms with Crippen molar-refractivity contribution in [2.24, 2.45) is 5.41 Å². The molecule has 0 N–H and O–H groups in total. The van der Waals surface area contributed by atoms with E-state index in [1.165, 1.54) is 4.90 Å². The van der Waals surface area contributed by atoms with Crippen LogP contribution in [0.1, 0.15) is 66.7 Å². The number of carbonyl (C=O) groups is 2. The number of rotatable bonds is 6. The maximum Gasteiger partial charge on any atom is 0.239 e. The van der Waals surface area contributed by atoms with Crippen LogP contribution in [0.3, 0.4) is 0 Å². The molecular formula is C14H25NO2. The van der Waals surface area contributed by atoms with Crippen LogP contribution in [0, 0.1) is 5.41 Å². The standard InChI is InChI=1S/C14H25NO2/c1-6-8-14(5,9-7-2)13(3,4)15-11(16)10-12(15)17/h6-10H2,1-5H3. The van der Waals surface area contributed by atoms with Crippen molar-refractivity contribution in [1.82, 2.24) is 4.90 Å². The number of likely N-dealkylation sites (tertiary alicyclic amines) is 1. The van der Waals surface area contributed by atoms with Gasteiger partial charge in [0.1, 0.15) is 6.42 Å². The van der Waals surface area contributed by atoms with Crippen molar-refractivity contribution in [3.05, 3.63) is 0 Å². The Labute approximate surface area is 105 Å². The molecule has 2 amide bonds. The number of β-lactam (4-membered cyclic amide) rings is 2. The second-order valence-corrected chi connectivity index (χ2v) is 5.92. The van der Waals surface area contributed by atoms with E-state index in [0.717, 1.165) is 25.7 Å². The molecule has 0 spiro atoms. The Kier molecular flexibility index (Phi) is 4.00. The van der Waals surface area contributed by atoms with E-state index < -0.39 is 0 Å². The highest BCUT2D eigenvalue weighted by molar-refractivity contribution is 6.15. The lowest BCUT2D eigenvalue weighted by Gasteiger charge is -2.53. The molecule has 0 aliphatic carbocycles. The van der Waals surface area contributed by atoms with Gasteiger partial charge in [0.15, 0.2) is 0 Å². The lowest BCUT2D eigenvalue weighted by molar-refractivity contribution is -0.171. The fourth-order valence-corrected chi connectivity index (χ4v) is 3.07. The smallest absolute Gasteiger partial charge is 0.239 e. The Hall–Kier alpha value is -0.860. The normalized spacial score (nSPS) is 17.4. The van der Waals surface area contributed by atoms with E-state index in [2.05, 4.69) is 20.8 Å². The first-order valence-electron chi connectivity index (χ1n) is 6.66. The molecule has 0 aromatic heterocycles. The number of imide groups is 1. The zero-order chi connectivity index (χ0) is 13.3. The molecule has 0 aromatic carbocycles. The van der Waals surface area contributed by atoms with Crippen LogP contribution in [0.15, 0.2) is 0 Å². The summed E-state index contributed by atoms with van der Waals surface area (Å²) in [6.45, 7) is 10.6. The van der Waals surface area contributed by atoms with Gasteiger partial charge in [0.05, 0.1) is 5.54 Å². The highest BCUT2D eigenvalue weighted by Gasteiger charge is 2.52. The van der Waals surface area contributed by atoms with Gasteiger partial charge in [-0.05, 0) is 32.1 Å². The minimum absolute atomic E-state index is 0.0153. The summed E-state index contributed by atoms with van der Waals surface area (Å²) in [6, 6.07) is 0. The third-order valence-electron chi connectivity index (χ3n) is 4.44. The number of hydrogen-bond acceptors (Lipinski definition) is 2. The SMILES string of the molecule is CCCC(C)(CCC)C(C)(C)N1C(=O)CC1=O. The first-order valence-corrected chi connectivity index (χ1v) is 6.66. The summed E-state index contributed by atoms with van der Waals surface area (Å²) in [6.07, 6.45) is 4.35. The minimum Gasteiger partial charge on any atom is -0.276 e. The maximum absolute atomic E-state index is 11.6. The molecular weight excluding hydrogens is 214 g/mol. The fraction of sp³-hybridized carbons (Fsp3) is 0.857. The van der Waals surface area contributed by atoms with E-state index in [0.29, 0.717) is 0 Å². The van der Waals surface area contributed by atoms with Gasteiger partial charge in [-0.25, -0.2) is 0 Å². The molecule has 0 atom stereocenters. The molecule has 3 nitrogen and oxygen atoms in total. The zero-order valence-corrected chi connectivity index (χ0v) is 11.8. The first kappa shape index (κ1) is 14.2. The van der Waals surface area contributed by atoms with Crippen LogP contribution in [0.2, 0.25) is 0 Å². The van der Waals surface area contributed by atoms with Crippen LogP contribution >= 0.6 is 0 Å². The molecule has 17 heavy (non-hydrogen) atoms. The molecule has 0 aromatic rings. The summed E-state index contributed by atoms with van der Waals surface area (Å²) in [7, 11) is 0. The second kappa shape index (κ2) is 4.79. The van der Waals surface area contributed by atoms with E-state index in [-0.39, 0.29) is 29.2 Å². The molecule has 1 heterocycles. The molecule has 1 aliphatic heterocycles. The lowest BCUT2D eigenvalue weighted by atomic mass is 9.65. The van der Waals surface area contributed by atoms with Gasteiger partial charge in [-0.1, -0.05) is 33.6 Å². The summed E-state index contributed by atoms with van der Waals surface area (Å²) >= 11 is 0. The number of hydrogen-bond donors (Lipinski definition) is 0. The number of amides is 2. The molecule has 0 radical (unpaired) electrons. The fourth-order valence-electron chi connectivity index (χ4n) is 3.07. The Morgan fingerprint density at radius 2 is 1.41 bits per heavy atom. The van der Waals surface area contributed by atoms with E-state index in [4.69, 9.17) is 0 Å². The van der Waals surface area contributed by atoms with Crippen molar-refractivity contribution in [2.75, 3.05) is 0 Å². The average Bonchev–Trinajstić information content (AvgIpc) is 2.16.